The zero-order chi connectivity index (χ0) is 15.8. The van der Waals surface area contributed by atoms with Crippen molar-refractivity contribution in [1.29, 1.82) is 0 Å². The van der Waals surface area contributed by atoms with E-state index in [1.807, 2.05) is 37.4 Å². The summed E-state index contributed by atoms with van der Waals surface area (Å²) in [5.41, 5.74) is 1.02. The Morgan fingerprint density at radius 3 is 2.77 bits per heavy atom. The first-order valence-electron chi connectivity index (χ1n) is 7.42. The molecule has 0 atom stereocenters. The highest BCUT2D eigenvalue weighted by Crippen LogP contribution is 2.16. The normalized spacial score (nSPS) is 11.5. The van der Waals surface area contributed by atoms with Crippen LogP contribution in [0.3, 0.4) is 0 Å². The molecule has 2 N–H and O–H groups in total. The Morgan fingerprint density at radius 1 is 1.27 bits per heavy atom. The number of aliphatic imine (C=N–C) groups is 1. The molecular formula is C16H21ClN4S. The van der Waals surface area contributed by atoms with Crippen molar-refractivity contribution < 1.29 is 0 Å². The van der Waals surface area contributed by atoms with Crippen LogP contribution in [0.25, 0.3) is 0 Å². The highest BCUT2D eigenvalue weighted by atomic mass is 35.5. The molecule has 1 heterocycles. The number of aryl methyl sites for hydroxylation is 1. The fraction of sp³-hybridized carbons (Fsp3) is 0.375. The van der Waals surface area contributed by atoms with Crippen LogP contribution in [-0.2, 0) is 19.5 Å². The summed E-state index contributed by atoms with van der Waals surface area (Å²) in [5, 5.41) is 8.36. The van der Waals surface area contributed by atoms with Crippen LogP contribution in [0.4, 0.5) is 0 Å². The summed E-state index contributed by atoms with van der Waals surface area (Å²) in [7, 11) is 0. The van der Waals surface area contributed by atoms with Gasteiger partial charge in [-0.25, -0.2) is 9.98 Å². The molecule has 0 bridgehead atoms. The number of guanidine groups is 1. The van der Waals surface area contributed by atoms with Crippen molar-refractivity contribution in [3.8, 4) is 0 Å². The monoisotopic (exact) mass is 336 g/mol. The highest BCUT2D eigenvalue weighted by molar-refractivity contribution is 7.11. The molecule has 22 heavy (non-hydrogen) atoms. The van der Waals surface area contributed by atoms with Gasteiger partial charge in [0.2, 0.25) is 0 Å². The van der Waals surface area contributed by atoms with Gasteiger partial charge in [0.15, 0.2) is 5.96 Å². The second-order valence-corrected chi connectivity index (χ2v) is 6.32. The Hall–Kier alpha value is -1.59. The van der Waals surface area contributed by atoms with Gasteiger partial charge in [-0.2, -0.15) is 0 Å². The molecule has 0 aliphatic rings. The number of hydrogen-bond acceptors (Lipinski definition) is 3. The minimum Gasteiger partial charge on any atom is -0.357 e. The Balaban J connectivity index is 1.96. The molecule has 0 fully saturated rings. The number of thiazole rings is 1. The molecule has 0 spiro atoms. The predicted octanol–water partition coefficient (Wildman–Crippen LogP) is 3.61. The first-order chi connectivity index (χ1) is 10.7. The quantitative estimate of drug-likeness (QED) is 0.625. The molecule has 0 radical (unpaired) electrons. The van der Waals surface area contributed by atoms with Gasteiger partial charge in [-0.15, -0.1) is 11.3 Å². The third-order valence-corrected chi connectivity index (χ3v) is 4.58. The summed E-state index contributed by atoms with van der Waals surface area (Å²) >= 11 is 7.89. The SMILES string of the molecule is CCNC(=NCc1ccccc1Cl)NCc1ncc(CC)s1. The lowest BCUT2D eigenvalue weighted by Gasteiger charge is -2.10. The molecule has 0 saturated carbocycles. The fourth-order valence-corrected chi connectivity index (χ4v) is 2.88. The van der Waals surface area contributed by atoms with Crippen molar-refractivity contribution in [3.63, 3.8) is 0 Å². The van der Waals surface area contributed by atoms with E-state index >= 15 is 0 Å². The van der Waals surface area contributed by atoms with Gasteiger partial charge in [0, 0.05) is 22.6 Å². The van der Waals surface area contributed by atoms with Crippen LogP contribution in [0.5, 0.6) is 0 Å². The molecule has 1 aromatic carbocycles. The Bertz CT molecular complexity index is 624. The van der Waals surface area contributed by atoms with E-state index in [9.17, 15) is 0 Å². The Kier molecular flexibility index (Phi) is 6.68. The van der Waals surface area contributed by atoms with Crippen LogP contribution in [0.15, 0.2) is 35.5 Å². The van der Waals surface area contributed by atoms with Crippen LogP contribution >= 0.6 is 22.9 Å². The standard InChI is InChI=1S/C16H21ClN4S/c1-3-13-10-19-15(22-13)11-21-16(18-4-2)20-9-12-7-5-6-8-14(12)17/h5-8,10H,3-4,9,11H2,1-2H3,(H2,18,20,21). The highest BCUT2D eigenvalue weighted by Gasteiger charge is 2.03. The van der Waals surface area contributed by atoms with Crippen LogP contribution in [0.2, 0.25) is 5.02 Å². The number of benzene rings is 1. The Labute approximate surface area is 140 Å². The van der Waals surface area contributed by atoms with Gasteiger partial charge in [-0.3, -0.25) is 0 Å². The van der Waals surface area contributed by atoms with E-state index in [4.69, 9.17) is 11.6 Å². The molecule has 2 rings (SSSR count). The van der Waals surface area contributed by atoms with Crippen LogP contribution in [-0.4, -0.2) is 17.5 Å². The smallest absolute Gasteiger partial charge is 0.191 e. The molecule has 1 aromatic heterocycles. The lowest BCUT2D eigenvalue weighted by molar-refractivity contribution is 0.811. The van der Waals surface area contributed by atoms with E-state index in [0.717, 1.165) is 34.5 Å². The fourth-order valence-electron chi connectivity index (χ4n) is 1.89. The summed E-state index contributed by atoms with van der Waals surface area (Å²) in [6.07, 6.45) is 2.97. The van der Waals surface area contributed by atoms with Gasteiger partial charge in [0.05, 0.1) is 13.1 Å². The van der Waals surface area contributed by atoms with Crippen molar-refractivity contribution in [3.05, 3.63) is 50.9 Å². The minimum absolute atomic E-state index is 0.549. The number of halogens is 1. The zero-order valence-electron chi connectivity index (χ0n) is 12.9. The molecule has 0 unspecified atom stereocenters. The number of aromatic nitrogens is 1. The molecule has 118 valence electrons. The van der Waals surface area contributed by atoms with E-state index in [2.05, 4.69) is 27.5 Å². The first kappa shape index (κ1) is 16.8. The second kappa shape index (κ2) is 8.76. The summed E-state index contributed by atoms with van der Waals surface area (Å²) in [6.45, 7) is 6.23. The number of nitrogens with zero attached hydrogens (tertiary/aromatic N) is 2. The lowest BCUT2D eigenvalue weighted by atomic mass is 10.2. The van der Waals surface area contributed by atoms with Gasteiger partial charge in [0.25, 0.3) is 0 Å². The van der Waals surface area contributed by atoms with Gasteiger partial charge < -0.3 is 10.6 Å². The maximum atomic E-state index is 6.16. The first-order valence-corrected chi connectivity index (χ1v) is 8.61. The maximum Gasteiger partial charge on any atom is 0.191 e. The molecule has 0 saturated heterocycles. The van der Waals surface area contributed by atoms with Crippen molar-refractivity contribution in [1.82, 2.24) is 15.6 Å². The van der Waals surface area contributed by atoms with Gasteiger partial charge >= 0.3 is 0 Å². The van der Waals surface area contributed by atoms with E-state index in [1.54, 1.807) is 11.3 Å². The van der Waals surface area contributed by atoms with Gasteiger partial charge in [-0.1, -0.05) is 36.7 Å². The predicted molar refractivity (Wildman–Crippen MR) is 94.6 cm³/mol. The summed E-state index contributed by atoms with van der Waals surface area (Å²) in [5.74, 6) is 0.774. The van der Waals surface area contributed by atoms with Crippen LogP contribution in [0.1, 0.15) is 29.3 Å². The average Bonchev–Trinajstić information content (AvgIpc) is 2.99. The molecule has 2 aromatic rings. The number of rotatable bonds is 6. The number of nitrogens with one attached hydrogen (secondary N) is 2. The van der Waals surface area contributed by atoms with E-state index in [-0.39, 0.29) is 0 Å². The molecule has 4 nitrogen and oxygen atoms in total. The topological polar surface area (TPSA) is 49.3 Å². The van der Waals surface area contributed by atoms with E-state index < -0.39 is 0 Å². The van der Waals surface area contributed by atoms with Crippen molar-refractivity contribution in [2.45, 2.75) is 33.4 Å². The van der Waals surface area contributed by atoms with Gasteiger partial charge in [0.1, 0.15) is 5.01 Å². The minimum atomic E-state index is 0.549. The van der Waals surface area contributed by atoms with Crippen molar-refractivity contribution in [2.75, 3.05) is 6.54 Å². The molecular weight excluding hydrogens is 316 g/mol. The van der Waals surface area contributed by atoms with E-state index in [1.165, 1.54) is 4.88 Å². The number of hydrogen-bond donors (Lipinski definition) is 2. The van der Waals surface area contributed by atoms with Crippen molar-refractivity contribution in [2.24, 2.45) is 4.99 Å². The largest absolute Gasteiger partial charge is 0.357 e. The van der Waals surface area contributed by atoms with Gasteiger partial charge in [-0.05, 0) is 25.0 Å². The lowest BCUT2D eigenvalue weighted by Crippen LogP contribution is -2.36. The third kappa shape index (κ3) is 5.00. The molecule has 0 amide bonds. The van der Waals surface area contributed by atoms with Crippen LogP contribution in [0, 0.1) is 0 Å². The zero-order valence-corrected chi connectivity index (χ0v) is 14.5. The third-order valence-electron chi connectivity index (χ3n) is 3.07. The maximum absolute atomic E-state index is 6.16. The van der Waals surface area contributed by atoms with Crippen LogP contribution < -0.4 is 10.6 Å². The van der Waals surface area contributed by atoms with Crippen molar-refractivity contribution >= 4 is 28.9 Å². The molecule has 0 aliphatic carbocycles. The van der Waals surface area contributed by atoms with E-state index in [0.29, 0.717) is 13.1 Å². The summed E-state index contributed by atoms with van der Waals surface area (Å²) in [4.78, 5) is 10.3. The summed E-state index contributed by atoms with van der Waals surface area (Å²) < 4.78 is 0. The summed E-state index contributed by atoms with van der Waals surface area (Å²) in [6, 6.07) is 7.77. The Morgan fingerprint density at radius 2 is 2.09 bits per heavy atom. The second-order valence-electron chi connectivity index (χ2n) is 4.71. The molecule has 0 aliphatic heterocycles. The molecule has 6 heteroatoms. The average molecular weight is 337 g/mol.